The molecule has 2 aromatic rings. The van der Waals surface area contributed by atoms with Crippen LogP contribution in [-0.4, -0.2) is 24.0 Å². The highest BCUT2D eigenvalue weighted by Gasteiger charge is 2.21. The second-order valence-electron chi connectivity index (χ2n) is 5.17. The largest absolute Gasteiger partial charge is 1.00 e. The summed E-state index contributed by atoms with van der Waals surface area (Å²) in [6.45, 7) is 6.32. The molecule has 3 heteroatoms. The lowest BCUT2D eigenvalue weighted by Gasteiger charge is -2.05. The first kappa shape index (κ1) is 15.0. The molecule has 0 spiro atoms. The van der Waals surface area contributed by atoms with Crippen LogP contribution in [0.15, 0.2) is 48.5 Å². The molecule has 0 N–H and O–H groups in total. The predicted molar refractivity (Wildman–Crippen MR) is 80.6 cm³/mol. The lowest BCUT2D eigenvalue weighted by Crippen LogP contribution is -3.00. The Hall–Kier alpha value is -1.36. The normalized spacial score (nSPS) is 13.9. The van der Waals surface area contributed by atoms with Crippen LogP contribution in [0.5, 0.6) is 0 Å². The minimum atomic E-state index is 0. The molecule has 0 bridgehead atoms. The van der Waals surface area contributed by atoms with Crippen molar-refractivity contribution in [1.29, 1.82) is 0 Å². The maximum absolute atomic E-state index is 2.30. The number of benzene rings is 2. The first-order valence-electron chi connectivity index (χ1n) is 6.74. The lowest BCUT2D eigenvalue weighted by atomic mass is 10.2. The molecule has 0 fully saturated rings. The molecule has 104 valence electrons. The summed E-state index contributed by atoms with van der Waals surface area (Å²) in [5.74, 6) is 0. The summed E-state index contributed by atoms with van der Waals surface area (Å²) in [6.07, 6.45) is 2.20. The molecule has 0 aliphatic carbocycles. The molecule has 1 aliphatic heterocycles. The van der Waals surface area contributed by atoms with Gasteiger partial charge in [-0.2, -0.15) is 0 Å². The summed E-state index contributed by atoms with van der Waals surface area (Å²) < 4.78 is 2.30. The number of rotatable bonds is 2. The van der Waals surface area contributed by atoms with Crippen LogP contribution in [0, 0.1) is 13.8 Å². The van der Waals surface area contributed by atoms with Gasteiger partial charge in [0.15, 0.2) is 0 Å². The second-order valence-corrected chi connectivity index (χ2v) is 5.17. The SMILES string of the molecule is Cc1ccc(N2C=[N+](c3ccc(C)cc3)CC2)cc1.[I-]. The van der Waals surface area contributed by atoms with Gasteiger partial charge in [-0.1, -0.05) is 35.4 Å². The monoisotopic (exact) mass is 378 g/mol. The molecule has 2 aromatic carbocycles. The molecule has 3 rings (SSSR count). The molecule has 0 saturated carbocycles. The van der Waals surface area contributed by atoms with Crippen LogP contribution < -0.4 is 28.9 Å². The number of anilines is 1. The van der Waals surface area contributed by atoms with Gasteiger partial charge in [-0.15, -0.1) is 0 Å². The Kier molecular flexibility index (Phi) is 4.81. The summed E-state index contributed by atoms with van der Waals surface area (Å²) in [4.78, 5) is 2.30. The number of hydrogen-bond donors (Lipinski definition) is 0. The van der Waals surface area contributed by atoms with Gasteiger partial charge < -0.3 is 24.0 Å². The molecule has 20 heavy (non-hydrogen) atoms. The van der Waals surface area contributed by atoms with Crippen molar-refractivity contribution in [3.8, 4) is 0 Å². The minimum Gasteiger partial charge on any atom is -1.00 e. The molecule has 0 unspecified atom stereocenters. The number of halogens is 1. The van der Waals surface area contributed by atoms with Crippen molar-refractivity contribution in [1.82, 2.24) is 0 Å². The van der Waals surface area contributed by atoms with Crippen LogP contribution in [0.25, 0.3) is 0 Å². The van der Waals surface area contributed by atoms with Gasteiger partial charge in [-0.05, 0) is 38.1 Å². The maximum atomic E-state index is 2.30. The topological polar surface area (TPSA) is 6.25 Å². The standard InChI is InChI=1S/C17H19N2.HI/c1-14-3-7-16(8-4-14)18-11-12-19(13-18)17-9-5-15(2)6-10-17;/h3-10,13H,11-12H2,1-2H3;1H/q+1;/p-1. The van der Waals surface area contributed by atoms with Gasteiger partial charge in [0.25, 0.3) is 0 Å². The smallest absolute Gasteiger partial charge is 0.244 e. The Morgan fingerprint density at radius 2 is 1.40 bits per heavy atom. The van der Waals surface area contributed by atoms with E-state index in [4.69, 9.17) is 0 Å². The highest BCUT2D eigenvalue weighted by atomic mass is 127. The third kappa shape index (κ3) is 3.20. The van der Waals surface area contributed by atoms with Crippen molar-refractivity contribution >= 4 is 17.7 Å². The molecule has 0 saturated heterocycles. The van der Waals surface area contributed by atoms with Gasteiger partial charge in [0.2, 0.25) is 6.34 Å². The zero-order valence-electron chi connectivity index (χ0n) is 11.9. The number of hydrogen-bond acceptors (Lipinski definition) is 1. The van der Waals surface area contributed by atoms with E-state index in [1.165, 1.54) is 22.5 Å². The quantitative estimate of drug-likeness (QED) is 0.545. The van der Waals surface area contributed by atoms with E-state index < -0.39 is 0 Å². The van der Waals surface area contributed by atoms with Gasteiger partial charge in [0.1, 0.15) is 24.5 Å². The second kappa shape index (κ2) is 6.39. The van der Waals surface area contributed by atoms with E-state index in [2.05, 4.69) is 78.2 Å². The fourth-order valence-electron chi connectivity index (χ4n) is 2.36. The van der Waals surface area contributed by atoms with Crippen molar-refractivity contribution in [3.63, 3.8) is 0 Å². The average Bonchev–Trinajstić information content (AvgIpc) is 2.90. The molecule has 0 radical (unpaired) electrons. The molecule has 1 aliphatic rings. The lowest BCUT2D eigenvalue weighted by molar-refractivity contribution is -0.424. The van der Waals surface area contributed by atoms with Gasteiger partial charge >= 0.3 is 0 Å². The minimum absolute atomic E-state index is 0. The highest BCUT2D eigenvalue weighted by Crippen LogP contribution is 2.19. The van der Waals surface area contributed by atoms with Crippen molar-refractivity contribution in [2.75, 3.05) is 18.0 Å². The summed E-state index contributed by atoms with van der Waals surface area (Å²) in [6, 6.07) is 17.4. The molecule has 0 amide bonds. The molecular weight excluding hydrogens is 359 g/mol. The van der Waals surface area contributed by atoms with Crippen molar-refractivity contribution < 1.29 is 28.6 Å². The van der Waals surface area contributed by atoms with E-state index in [-0.39, 0.29) is 24.0 Å². The Labute approximate surface area is 137 Å². The van der Waals surface area contributed by atoms with Gasteiger partial charge in [0.05, 0.1) is 0 Å². The third-order valence-electron chi connectivity index (χ3n) is 3.59. The molecular formula is C17H19IN2. The fraction of sp³-hybridized carbons (Fsp3) is 0.235. The molecule has 1 heterocycles. The average molecular weight is 378 g/mol. The summed E-state index contributed by atoms with van der Waals surface area (Å²) in [5, 5.41) is 0. The Morgan fingerprint density at radius 1 is 0.850 bits per heavy atom. The maximum Gasteiger partial charge on any atom is 0.244 e. The molecule has 0 atom stereocenters. The van der Waals surface area contributed by atoms with Crippen molar-refractivity contribution in [3.05, 3.63) is 59.7 Å². The van der Waals surface area contributed by atoms with Gasteiger partial charge in [-0.25, -0.2) is 9.48 Å². The van der Waals surface area contributed by atoms with E-state index in [0.29, 0.717) is 0 Å². The Balaban J connectivity index is 0.00000147. The van der Waals surface area contributed by atoms with Crippen LogP contribution in [-0.2, 0) is 0 Å². The van der Waals surface area contributed by atoms with E-state index in [9.17, 15) is 0 Å². The van der Waals surface area contributed by atoms with E-state index in [1.807, 2.05) is 0 Å². The van der Waals surface area contributed by atoms with Gasteiger partial charge in [0, 0.05) is 0 Å². The summed E-state index contributed by atoms with van der Waals surface area (Å²) in [5.41, 5.74) is 5.14. The zero-order valence-corrected chi connectivity index (χ0v) is 14.0. The first-order chi connectivity index (χ1) is 9.22. The van der Waals surface area contributed by atoms with Crippen LogP contribution in [0.1, 0.15) is 11.1 Å². The number of aryl methyl sites for hydroxylation is 2. The molecule has 2 nitrogen and oxygen atoms in total. The highest BCUT2D eigenvalue weighted by molar-refractivity contribution is 5.78. The summed E-state index contributed by atoms with van der Waals surface area (Å²) >= 11 is 0. The van der Waals surface area contributed by atoms with E-state index in [1.54, 1.807) is 0 Å². The summed E-state index contributed by atoms with van der Waals surface area (Å²) in [7, 11) is 0. The van der Waals surface area contributed by atoms with Crippen molar-refractivity contribution in [2.45, 2.75) is 13.8 Å². The fourth-order valence-corrected chi connectivity index (χ4v) is 2.36. The first-order valence-corrected chi connectivity index (χ1v) is 6.74. The van der Waals surface area contributed by atoms with Crippen LogP contribution in [0.4, 0.5) is 11.4 Å². The van der Waals surface area contributed by atoms with Gasteiger partial charge in [-0.3, -0.25) is 0 Å². The van der Waals surface area contributed by atoms with E-state index >= 15 is 0 Å². The Morgan fingerprint density at radius 3 is 2.00 bits per heavy atom. The van der Waals surface area contributed by atoms with Crippen LogP contribution in [0.3, 0.4) is 0 Å². The Bertz CT molecular complexity index is 600. The predicted octanol–water partition coefficient (Wildman–Crippen LogP) is 0.500. The number of nitrogens with zero attached hydrogens (tertiary/aromatic N) is 2. The zero-order chi connectivity index (χ0) is 13.2. The van der Waals surface area contributed by atoms with Crippen LogP contribution >= 0.6 is 0 Å². The van der Waals surface area contributed by atoms with Crippen molar-refractivity contribution in [2.24, 2.45) is 0 Å². The molecule has 0 aromatic heterocycles. The van der Waals surface area contributed by atoms with Crippen LogP contribution in [0.2, 0.25) is 0 Å². The van der Waals surface area contributed by atoms with E-state index in [0.717, 1.165) is 13.1 Å². The third-order valence-corrected chi connectivity index (χ3v) is 3.59.